The van der Waals surface area contributed by atoms with E-state index in [4.69, 9.17) is 0 Å². The zero-order chi connectivity index (χ0) is 13.9. The third kappa shape index (κ3) is 2.72. The van der Waals surface area contributed by atoms with Crippen molar-refractivity contribution in [3.8, 4) is 0 Å². The number of rotatable bonds is 1. The lowest BCUT2D eigenvalue weighted by molar-refractivity contribution is 0.0986. The van der Waals surface area contributed by atoms with Crippen molar-refractivity contribution in [1.29, 1.82) is 0 Å². The van der Waals surface area contributed by atoms with E-state index in [-0.39, 0.29) is 5.91 Å². The predicted molar refractivity (Wildman–Crippen MR) is 92.6 cm³/mol. The Bertz CT molecular complexity index is 644. The average Bonchev–Trinajstić information content (AvgIpc) is 2.69. The van der Waals surface area contributed by atoms with Gasteiger partial charge in [-0.2, -0.15) is 0 Å². The number of carbonyl (C=O) groups is 1. The number of fused-ring (bicyclic) bond motifs is 1. The molecule has 1 heterocycles. The van der Waals surface area contributed by atoms with E-state index in [0.717, 1.165) is 33.5 Å². The molecule has 0 aliphatic carbocycles. The normalized spacial score (nSPS) is 14.6. The van der Waals surface area contributed by atoms with Crippen molar-refractivity contribution in [2.24, 2.45) is 0 Å². The van der Waals surface area contributed by atoms with Crippen LogP contribution < -0.4 is 4.90 Å². The summed E-state index contributed by atoms with van der Waals surface area (Å²) in [5, 5.41) is 0. The van der Waals surface area contributed by atoms with Gasteiger partial charge in [-0.1, -0.05) is 24.3 Å². The SMILES string of the molecule is O=C(c1ccccc1I)N1CCCSc2ccccc21. The first-order chi connectivity index (χ1) is 9.77. The van der Waals surface area contributed by atoms with Crippen LogP contribution >= 0.6 is 34.4 Å². The molecular formula is C16H14INOS. The Kier molecular flexibility index (Phi) is 4.31. The van der Waals surface area contributed by atoms with Crippen LogP contribution in [0.3, 0.4) is 0 Å². The van der Waals surface area contributed by atoms with Gasteiger partial charge in [0.1, 0.15) is 0 Å². The number of hydrogen-bond donors (Lipinski definition) is 0. The molecule has 0 aromatic heterocycles. The van der Waals surface area contributed by atoms with E-state index >= 15 is 0 Å². The van der Waals surface area contributed by atoms with Crippen molar-refractivity contribution in [2.45, 2.75) is 11.3 Å². The maximum Gasteiger partial charge on any atom is 0.259 e. The van der Waals surface area contributed by atoms with E-state index in [0.29, 0.717) is 0 Å². The molecule has 20 heavy (non-hydrogen) atoms. The lowest BCUT2D eigenvalue weighted by Gasteiger charge is -2.23. The first-order valence-electron chi connectivity index (χ1n) is 6.55. The zero-order valence-electron chi connectivity index (χ0n) is 10.9. The topological polar surface area (TPSA) is 20.3 Å². The van der Waals surface area contributed by atoms with E-state index in [2.05, 4.69) is 28.7 Å². The third-order valence-electron chi connectivity index (χ3n) is 3.29. The number of carbonyl (C=O) groups excluding carboxylic acids is 1. The van der Waals surface area contributed by atoms with Gasteiger partial charge in [0, 0.05) is 15.0 Å². The second kappa shape index (κ2) is 6.18. The average molecular weight is 395 g/mol. The Morgan fingerprint density at radius 1 is 1.10 bits per heavy atom. The Morgan fingerprint density at radius 2 is 1.85 bits per heavy atom. The van der Waals surface area contributed by atoms with E-state index in [1.807, 2.05) is 59.1 Å². The van der Waals surface area contributed by atoms with Crippen LogP contribution in [0.5, 0.6) is 0 Å². The highest BCUT2D eigenvalue weighted by atomic mass is 127. The van der Waals surface area contributed by atoms with E-state index in [1.54, 1.807) is 0 Å². The number of benzene rings is 2. The standard InChI is InChI=1S/C16H14INOS/c17-13-7-2-1-6-12(13)16(19)18-10-5-11-20-15-9-4-3-8-14(15)18/h1-4,6-9H,5,10-11H2. The van der Waals surface area contributed by atoms with Gasteiger partial charge in [0.25, 0.3) is 5.91 Å². The fourth-order valence-corrected chi connectivity index (χ4v) is 3.93. The molecule has 1 amide bonds. The molecule has 1 aliphatic rings. The van der Waals surface area contributed by atoms with Gasteiger partial charge in [0.15, 0.2) is 0 Å². The Labute approximate surface area is 136 Å². The van der Waals surface area contributed by atoms with Gasteiger partial charge in [-0.25, -0.2) is 0 Å². The minimum atomic E-state index is 0.102. The molecule has 102 valence electrons. The first-order valence-corrected chi connectivity index (χ1v) is 8.62. The molecule has 0 unspecified atom stereocenters. The maximum atomic E-state index is 12.8. The first kappa shape index (κ1) is 13.9. The number of hydrogen-bond acceptors (Lipinski definition) is 2. The molecule has 0 N–H and O–H groups in total. The van der Waals surface area contributed by atoms with Crippen LogP contribution in [-0.2, 0) is 0 Å². The zero-order valence-corrected chi connectivity index (χ0v) is 13.9. The summed E-state index contributed by atoms with van der Waals surface area (Å²) in [6.07, 6.45) is 1.02. The highest BCUT2D eigenvalue weighted by molar-refractivity contribution is 14.1. The third-order valence-corrected chi connectivity index (χ3v) is 5.38. The smallest absolute Gasteiger partial charge is 0.259 e. The molecule has 3 rings (SSSR count). The van der Waals surface area contributed by atoms with Crippen molar-refractivity contribution in [2.75, 3.05) is 17.2 Å². The fraction of sp³-hybridized carbons (Fsp3) is 0.188. The summed E-state index contributed by atoms with van der Waals surface area (Å²) in [5.74, 6) is 1.16. The Balaban J connectivity index is 2.02. The van der Waals surface area contributed by atoms with E-state index in [9.17, 15) is 4.79 Å². The predicted octanol–water partition coefficient (Wildman–Crippen LogP) is 4.43. The second-order valence-corrected chi connectivity index (χ2v) is 6.91. The number of halogens is 1. The van der Waals surface area contributed by atoms with Crippen molar-refractivity contribution in [1.82, 2.24) is 0 Å². The molecule has 0 bridgehead atoms. The molecule has 2 nitrogen and oxygen atoms in total. The Morgan fingerprint density at radius 3 is 2.70 bits per heavy atom. The number of thioether (sulfide) groups is 1. The molecule has 0 atom stereocenters. The van der Waals surface area contributed by atoms with E-state index in [1.165, 1.54) is 4.90 Å². The van der Waals surface area contributed by atoms with Crippen LogP contribution in [-0.4, -0.2) is 18.2 Å². The maximum absolute atomic E-state index is 12.8. The quantitative estimate of drug-likeness (QED) is 0.666. The minimum absolute atomic E-state index is 0.102. The number of amides is 1. The molecule has 0 spiro atoms. The fourth-order valence-electron chi connectivity index (χ4n) is 2.32. The molecule has 2 aromatic rings. The van der Waals surface area contributed by atoms with Crippen LogP contribution in [0.4, 0.5) is 5.69 Å². The van der Waals surface area contributed by atoms with Crippen molar-refractivity contribution in [3.05, 3.63) is 57.7 Å². The van der Waals surface area contributed by atoms with Crippen LogP contribution in [0.25, 0.3) is 0 Å². The summed E-state index contributed by atoms with van der Waals surface area (Å²) in [6, 6.07) is 16.0. The van der Waals surface area contributed by atoms with Gasteiger partial charge in [-0.05, 0) is 59.0 Å². The van der Waals surface area contributed by atoms with Crippen molar-refractivity contribution < 1.29 is 4.79 Å². The number of anilines is 1. The summed E-state index contributed by atoms with van der Waals surface area (Å²) in [5.41, 5.74) is 1.83. The molecular weight excluding hydrogens is 381 g/mol. The van der Waals surface area contributed by atoms with Crippen LogP contribution in [0.2, 0.25) is 0 Å². The van der Waals surface area contributed by atoms with Gasteiger partial charge in [-0.3, -0.25) is 4.79 Å². The van der Waals surface area contributed by atoms with Crippen molar-refractivity contribution in [3.63, 3.8) is 0 Å². The second-order valence-electron chi connectivity index (χ2n) is 4.61. The lowest BCUT2D eigenvalue weighted by Crippen LogP contribution is -2.32. The van der Waals surface area contributed by atoms with Crippen molar-refractivity contribution >= 4 is 45.9 Å². The lowest BCUT2D eigenvalue weighted by atomic mass is 10.1. The molecule has 2 aromatic carbocycles. The molecule has 0 saturated carbocycles. The molecule has 0 radical (unpaired) electrons. The Hall–Kier alpha value is -1.01. The van der Waals surface area contributed by atoms with E-state index < -0.39 is 0 Å². The largest absolute Gasteiger partial charge is 0.307 e. The molecule has 1 aliphatic heterocycles. The van der Waals surface area contributed by atoms with Gasteiger partial charge in [0.2, 0.25) is 0 Å². The summed E-state index contributed by atoms with van der Waals surface area (Å²) in [6.45, 7) is 0.786. The van der Waals surface area contributed by atoms with Crippen LogP contribution in [0.1, 0.15) is 16.8 Å². The van der Waals surface area contributed by atoms with Gasteiger partial charge >= 0.3 is 0 Å². The summed E-state index contributed by atoms with van der Waals surface area (Å²) in [7, 11) is 0. The minimum Gasteiger partial charge on any atom is -0.307 e. The number of para-hydroxylation sites is 1. The summed E-state index contributed by atoms with van der Waals surface area (Å²) >= 11 is 4.06. The molecule has 0 fully saturated rings. The highest BCUT2D eigenvalue weighted by Gasteiger charge is 2.23. The molecule has 4 heteroatoms. The summed E-state index contributed by atoms with van der Waals surface area (Å²) in [4.78, 5) is 16.0. The van der Waals surface area contributed by atoms with Crippen LogP contribution in [0, 0.1) is 3.57 Å². The number of nitrogens with zero attached hydrogens (tertiary/aromatic N) is 1. The van der Waals surface area contributed by atoms with Crippen LogP contribution in [0.15, 0.2) is 53.4 Å². The highest BCUT2D eigenvalue weighted by Crippen LogP contribution is 2.34. The summed E-state index contributed by atoms with van der Waals surface area (Å²) < 4.78 is 1.00. The monoisotopic (exact) mass is 395 g/mol. The van der Waals surface area contributed by atoms with Gasteiger partial charge < -0.3 is 4.90 Å². The van der Waals surface area contributed by atoms with Gasteiger partial charge in [-0.15, -0.1) is 11.8 Å². The van der Waals surface area contributed by atoms with Gasteiger partial charge in [0.05, 0.1) is 11.3 Å². The molecule has 0 saturated heterocycles.